The Morgan fingerprint density at radius 2 is 2.10 bits per heavy atom. The van der Waals surface area contributed by atoms with E-state index in [4.69, 9.17) is 23.8 Å². The first kappa shape index (κ1) is 22.8. The Bertz CT molecular complexity index is 860. The number of aliphatic carboxylic acids is 1. The van der Waals surface area contributed by atoms with E-state index in [2.05, 4.69) is 4.98 Å². The van der Waals surface area contributed by atoms with Crippen LogP contribution in [0.25, 0.3) is 0 Å². The van der Waals surface area contributed by atoms with Crippen LogP contribution in [0.1, 0.15) is 28.8 Å². The summed E-state index contributed by atoms with van der Waals surface area (Å²) < 4.78 is 48.8. The van der Waals surface area contributed by atoms with Gasteiger partial charge in [-0.2, -0.15) is 13.2 Å². The third kappa shape index (κ3) is 5.82. The molecule has 2 aromatic rings. The van der Waals surface area contributed by atoms with Crippen molar-refractivity contribution in [3.63, 3.8) is 0 Å². The zero-order valence-electron chi connectivity index (χ0n) is 16.3. The van der Waals surface area contributed by atoms with Gasteiger partial charge < -0.3 is 23.9 Å². The van der Waals surface area contributed by atoms with Gasteiger partial charge in [-0.1, -0.05) is 6.07 Å². The van der Waals surface area contributed by atoms with Crippen molar-refractivity contribution < 1.29 is 41.8 Å². The fourth-order valence-corrected chi connectivity index (χ4v) is 3.53. The monoisotopic (exact) mass is 442 g/mol. The van der Waals surface area contributed by atoms with E-state index >= 15 is 0 Å². The maximum Gasteiger partial charge on any atom is 0.490 e. The lowest BCUT2D eigenvalue weighted by Crippen LogP contribution is -2.43. The van der Waals surface area contributed by atoms with Gasteiger partial charge in [0.2, 0.25) is 0 Å². The molecule has 4 heterocycles. The van der Waals surface area contributed by atoms with Crippen LogP contribution in [-0.4, -0.2) is 64.4 Å². The molecule has 4 rings (SSSR count). The zero-order chi connectivity index (χ0) is 22.4. The van der Waals surface area contributed by atoms with E-state index < -0.39 is 12.1 Å². The van der Waals surface area contributed by atoms with Gasteiger partial charge >= 0.3 is 12.1 Å². The number of likely N-dealkylation sites (tertiary alicyclic amines) is 1. The molecule has 1 amide bonds. The largest absolute Gasteiger partial charge is 0.490 e. The predicted molar refractivity (Wildman–Crippen MR) is 99.0 cm³/mol. The van der Waals surface area contributed by atoms with Gasteiger partial charge in [-0.3, -0.25) is 9.78 Å². The van der Waals surface area contributed by atoms with Crippen LogP contribution in [0.4, 0.5) is 13.2 Å². The number of aromatic nitrogens is 1. The Morgan fingerprint density at radius 1 is 1.32 bits per heavy atom. The predicted octanol–water partition coefficient (Wildman–Crippen LogP) is 2.90. The molecule has 2 aromatic heterocycles. The van der Waals surface area contributed by atoms with Crippen LogP contribution in [-0.2, 0) is 20.9 Å². The smallest absolute Gasteiger partial charge is 0.475 e. The summed E-state index contributed by atoms with van der Waals surface area (Å²) in [6.45, 7) is 1.74. The van der Waals surface area contributed by atoms with E-state index in [0.717, 1.165) is 25.0 Å². The average Bonchev–Trinajstić information content (AvgIpc) is 3.41. The van der Waals surface area contributed by atoms with Crippen molar-refractivity contribution in [3.8, 4) is 0 Å². The molecule has 168 valence electrons. The van der Waals surface area contributed by atoms with Crippen LogP contribution >= 0.6 is 0 Å². The summed E-state index contributed by atoms with van der Waals surface area (Å²) in [5.74, 6) is -2.77. The SMILES string of the molecule is O=C(O)C(F)(F)F.O=C(c1ccoc1)N1C[C@@H](OCc2cccnc2)[C@H]2OCCC[C@@H]21. The van der Waals surface area contributed by atoms with Gasteiger partial charge in [-0.25, -0.2) is 4.79 Å². The Kier molecular flexibility index (Phi) is 7.29. The van der Waals surface area contributed by atoms with Crippen LogP contribution in [0.15, 0.2) is 47.5 Å². The van der Waals surface area contributed by atoms with Crippen molar-refractivity contribution in [1.29, 1.82) is 0 Å². The Balaban J connectivity index is 0.000000339. The first-order valence-electron chi connectivity index (χ1n) is 9.52. The van der Waals surface area contributed by atoms with Crippen LogP contribution < -0.4 is 0 Å². The number of fused-ring (bicyclic) bond motifs is 1. The second kappa shape index (κ2) is 9.92. The summed E-state index contributed by atoms with van der Waals surface area (Å²) in [7, 11) is 0. The summed E-state index contributed by atoms with van der Waals surface area (Å²) >= 11 is 0. The van der Waals surface area contributed by atoms with Crippen molar-refractivity contribution in [1.82, 2.24) is 9.88 Å². The molecule has 3 atom stereocenters. The quantitative estimate of drug-likeness (QED) is 0.777. The molecular weight excluding hydrogens is 421 g/mol. The molecule has 0 aromatic carbocycles. The minimum atomic E-state index is -5.08. The number of hydrogen-bond donors (Lipinski definition) is 1. The van der Waals surface area contributed by atoms with Gasteiger partial charge in [0.05, 0.1) is 31.0 Å². The van der Waals surface area contributed by atoms with E-state index in [1.54, 1.807) is 18.5 Å². The molecule has 0 radical (unpaired) electrons. The molecule has 11 heteroatoms. The molecule has 31 heavy (non-hydrogen) atoms. The van der Waals surface area contributed by atoms with E-state index in [0.29, 0.717) is 18.7 Å². The number of furan rings is 1. The number of pyridine rings is 1. The molecule has 2 aliphatic heterocycles. The van der Waals surface area contributed by atoms with E-state index in [1.165, 1.54) is 12.5 Å². The Labute approximate surface area is 175 Å². The number of alkyl halides is 3. The molecule has 0 saturated carbocycles. The molecule has 0 bridgehead atoms. The van der Waals surface area contributed by atoms with E-state index in [-0.39, 0.29) is 24.2 Å². The van der Waals surface area contributed by atoms with Gasteiger partial charge in [0.25, 0.3) is 5.91 Å². The minimum absolute atomic E-state index is 0.0169. The van der Waals surface area contributed by atoms with Gasteiger partial charge in [0.15, 0.2) is 0 Å². The van der Waals surface area contributed by atoms with Crippen molar-refractivity contribution in [3.05, 3.63) is 54.2 Å². The minimum Gasteiger partial charge on any atom is -0.475 e. The standard InChI is InChI=1S/C18H20N2O4.C2HF3O2/c21-18(14-5-8-22-12-14)20-10-16(17-15(20)4-2-7-23-17)24-11-13-3-1-6-19-9-13;3-2(4,5)1(6)7/h1,3,5-6,8-9,12,15-17H,2,4,7,10-11H2;(H,6,7)/t15-,16+,17-;/m0./s1. The van der Waals surface area contributed by atoms with Crippen molar-refractivity contribution >= 4 is 11.9 Å². The Hall–Kier alpha value is -2.92. The van der Waals surface area contributed by atoms with Crippen LogP contribution in [0.3, 0.4) is 0 Å². The lowest BCUT2D eigenvalue weighted by Gasteiger charge is -2.32. The fourth-order valence-electron chi connectivity index (χ4n) is 3.53. The number of ether oxygens (including phenoxy) is 2. The molecule has 1 N–H and O–H groups in total. The molecule has 2 saturated heterocycles. The maximum absolute atomic E-state index is 12.7. The molecular formula is C20H21F3N2O6. The van der Waals surface area contributed by atoms with E-state index in [9.17, 15) is 18.0 Å². The number of halogens is 3. The van der Waals surface area contributed by atoms with E-state index in [1.807, 2.05) is 17.0 Å². The third-order valence-corrected chi connectivity index (χ3v) is 4.94. The highest BCUT2D eigenvalue weighted by Gasteiger charge is 2.47. The molecule has 2 fully saturated rings. The lowest BCUT2D eigenvalue weighted by molar-refractivity contribution is -0.192. The Morgan fingerprint density at radius 3 is 2.71 bits per heavy atom. The second-order valence-electron chi connectivity index (χ2n) is 7.03. The number of nitrogens with zero attached hydrogens (tertiary/aromatic N) is 2. The number of amides is 1. The number of carboxylic acids is 1. The number of carbonyl (C=O) groups is 2. The third-order valence-electron chi connectivity index (χ3n) is 4.94. The first-order valence-corrected chi connectivity index (χ1v) is 9.52. The van der Waals surface area contributed by atoms with Gasteiger partial charge in [0, 0.05) is 19.0 Å². The maximum atomic E-state index is 12.7. The number of rotatable bonds is 4. The topological polar surface area (TPSA) is 102 Å². The van der Waals surface area contributed by atoms with Crippen LogP contribution in [0.2, 0.25) is 0 Å². The molecule has 0 aliphatic carbocycles. The van der Waals surface area contributed by atoms with Crippen molar-refractivity contribution in [2.24, 2.45) is 0 Å². The molecule has 0 spiro atoms. The second-order valence-corrected chi connectivity index (χ2v) is 7.03. The van der Waals surface area contributed by atoms with Crippen LogP contribution in [0.5, 0.6) is 0 Å². The number of hydrogen-bond acceptors (Lipinski definition) is 6. The average molecular weight is 442 g/mol. The highest BCUT2D eigenvalue weighted by atomic mass is 19.4. The van der Waals surface area contributed by atoms with Crippen molar-refractivity contribution in [2.45, 2.75) is 43.9 Å². The summed E-state index contributed by atoms with van der Waals surface area (Å²) in [5.41, 5.74) is 1.59. The number of carbonyl (C=O) groups excluding carboxylic acids is 1. The summed E-state index contributed by atoms with van der Waals surface area (Å²) in [6.07, 6.45) is 3.19. The summed E-state index contributed by atoms with van der Waals surface area (Å²) in [4.78, 5) is 27.6. The normalized spacial score (nSPS) is 22.9. The molecule has 0 unspecified atom stereocenters. The highest BCUT2D eigenvalue weighted by molar-refractivity contribution is 5.94. The van der Waals surface area contributed by atoms with Gasteiger partial charge in [0.1, 0.15) is 18.5 Å². The van der Waals surface area contributed by atoms with Crippen molar-refractivity contribution in [2.75, 3.05) is 13.2 Å². The number of carboxylic acid groups (broad SMARTS) is 1. The highest BCUT2D eigenvalue weighted by Crippen LogP contribution is 2.32. The summed E-state index contributed by atoms with van der Waals surface area (Å²) in [5, 5.41) is 7.12. The van der Waals surface area contributed by atoms with Gasteiger partial charge in [-0.15, -0.1) is 0 Å². The van der Waals surface area contributed by atoms with Crippen LogP contribution in [0, 0.1) is 0 Å². The summed E-state index contributed by atoms with van der Waals surface area (Å²) in [6, 6.07) is 5.64. The fraction of sp³-hybridized carbons (Fsp3) is 0.450. The first-order chi connectivity index (χ1) is 14.8. The molecule has 2 aliphatic rings. The molecule has 8 nitrogen and oxygen atoms in total. The van der Waals surface area contributed by atoms with Gasteiger partial charge in [-0.05, 0) is 30.5 Å². The zero-order valence-corrected chi connectivity index (χ0v) is 16.3. The lowest BCUT2D eigenvalue weighted by atomic mass is 10.0.